The van der Waals surface area contributed by atoms with Crippen LogP contribution in [0.1, 0.15) is 58.8 Å². The molecule has 0 unspecified atom stereocenters. The molecule has 0 radical (unpaired) electrons. The highest BCUT2D eigenvalue weighted by Crippen LogP contribution is 2.31. The van der Waals surface area contributed by atoms with Gasteiger partial charge in [0.05, 0.1) is 5.92 Å². The van der Waals surface area contributed by atoms with Crippen molar-refractivity contribution in [1.29, 1.82) is 0 Å². The fourth-order valence-corrected chi connectivity index (χ4v) is 4.14. The van der Waals surface area contributed by atoms with Crippen molar-refractivity contribution in [1.82, 2.24) is 15.1 Å². The van der Waals surface area contributed by atoms with Gasteiger partial charge in [-0.25, -0.2) is 0 Å². The van der Waals surface area contributed by atoms with Crippen LogP contribution in [0, 0.1) is 11.8 Å². The van der Waals surface area contributed by atoms with Gasteiger partial charge in [0.25, 0.3) is 0 Å². The number of nitrogens with one attached hydrogen (secondary N) is 1. The molecule has 1 saturated heterocycles. The van der Waals surface area contributed by atoms with Crippen molar-refractivity contribution in [3.63, 3.8) is 0 Å². The van der Waals surface area contributed by atoms with Gasteiger partial charge in [0.15, 0.2) is 0 Å². The Hall–Kier alpha value is -1.10. The molecule has 1 aliphatic heterocycles. The van der Waals surface area contributed by atoms with E-state index in [1.807, 2.05) is 18.7 Å². The van der Waals surface area contributed by atoms with Gasteiger partial charge in [-0.15, -0.1) is 0 Å². The van der Waals surface area contributed by atoms with Gasteiger partial charge in [0.2, 0.25) is 11.8 Å². The first-order valence-electron chi connectivity index (χ1n) is 9.60. The maximum Gasteiger partial charge on any atom is 0.225 e. The van der Waals surface area contributed by atoms with Crippen LogP contribution in [0.4, 0.5) is 0 Å². The molecule has 0 aromatic heterocycles. The molecule has 1 atom stereocenters. The number of carbonyl (C=O) groups is 2. The quantitative estimate of drug-likeness (QED) is 0.837. The highest BCUT2D eigenvalue weighted by molar-refractivity contribution is 5.82. The maximum absolute atomic E-state index is 12.7. The second-order valence-electron chi connectivity index (χ2n) is 8.18. The average Bonchev–Trinajstić information content (AvgIpc) is 2.59. The van der Waals surface area contributed by atoms with Crippen molar-refractivity contribution in [3.05, 3.63) is 0 Å². The summed E-state index contributed by atoms with van der Waals surface area (Å²) in [5.41, 5.74) is 0.107. The number of likely N-dealkylation sites (N-methyl/N-ethyl adjacent to an activating group) is 1. The zero-order chi connectivity index (χ0) is 17.7. The molecular weight excluding hydrogens is 302 g/mol. The van der Waals surface area contributed by atoms with Gasteiger partial charge in [0, 0.05) is 31.1 Å². The van der Waals surface area contributed by atoms with Crippen LogP contribution in [0.25, 0.3) is 0 Å². The second kappa shape index (κ2) is 8.32. The summed E-state index contributed by atoms with van der Waals surface area (Å²) in [6, 6.07) is 0. The summed E-state index contributed by atoms with van der Waals surface area (Å²) >= 11 is 0. The van der Waals surface area contributed by atoms with Crippen LogP contribution >= 0.6 is 0 Å². The molecule has 2 fully saturated rings. The van der Waals surface area contributed by atoms with Crippen molar-refractivity contribution < 1.29 is 9.59 Å². The van der Waals surface area contributed by atoms with E-state index in [2.05, 4.69) is 24.3 Å². The predicted octanol–water partition coefficient (Wildman–Crippen LogP) is 2.26. The molecule has 1 N–H and O–H groups in total. The maximum atomic E-state index is 12.7. The van der Waals surface area contributed by atoms with Crippen LogP contribution in [0.15, 0.2) is 0 Å². The predicted molar refractivity (Wildman–Crippen MR) is 96.7 cm³/mol. The minimum atomic E-state index is -0.0516. The first-order chi connectivity index (χ1) is 11.4. The van der Waals surface area contributed by atoms with E-state index in [0.717, 1.165) is 38.8 Å². The van der Waals surface area contributed by atoms with Crippen molar-refractivity contribution in [3.8, 4) is 0 Å². The number of carbonyl (C=O) groups excluding carboxylic acids is 2. The van der Waals surface area contributed by atoms with E-state index in [1.54, 1.807) is 0 Å². The molecule has 0 aromatic rings. The fourth-order valence-electron chi connectivity index (χ4n) is 4.14. The lowest BCUT2D eigenvalue weighted by Crippen LogP contribution is -2.55. The van der Waals surface area contributed by atoms with Crippen molar-refractivity contribution in [2.75, 3.05) is 33.7 Å². The monoisotopic (exact) mass is 337 g/mol. The summed E-state index contributed by atoms with van der Waals surface area (Å²) in [7, 11) is 4.25. The largest absolute Gasteiger partial charge is 0.354 e. The summed E-state index contributed by atoms with van der Waals surface area (Å²) in [5.74, 6) is 0.253. The lowest BCUT2D eigenvalue weighted by Gasteiger charge is -2.43. The highest BCUT2D eigenvalue weighted by atomic mass is 16.2. The van der Waals surface area contributed by atoms with Crippen molar-refractivity contribution in [2.24, 2.45) is 11.8 Å². The van der Waals surface area contributed by atoms with Crippen LogP contribution in [-0.4, -0.2) is 60.9 Å². The summed E-state index contributed by atoms with van der Waals surface area (Å²) in [6.45, 7) is 5.96. The van der Waals surface area contributed by atoms with E-state index in [4.69, 9.17) is 0 Å². The minimum Gasteiger partial charge on any atom is -0.354 e. The topological polar surface area (TPSA) is 52.7 Å². The Kier molecular flexibility index (Phi) is 6.67. The van der Waals surface area contributed by atoms with E-state index >= 15 is 0 Å². The Bertz CT molecular complexity index is 442. The molecule has 2 amide bonds. The molecule has 1 saturated carbocycles. The third-order valence-corrected chi connectivity index (χ3v) is 5.92. The molecule has 1 heterocycles. The molecule has 5 nitrogen and oxygen atoms in total. The summed E-state index contributed by atoms with van der Waals surface area (Å²) in [6.07, 6.45) is 7.92. The van der Waals surface area contributed by atoms with Crippen LogP contribution in [0.2, 0.25) is 0 Å². The van der Waals surface area contributed by atoms with E-state index < -0.39 is 0 Å². The van der Waals surface area contributed by atoms with Crippen molar-refractivity contribution in [2.45, 2.75) is 64.3 Å². The number of piperidine rings is 1. The SMILES string of the molecule is CC(C)C(=O)N1CCC[C@@H](C(=O)NCC2(N(C)C)CCCCC2)C1. The van der Waals surface area contributed by atoms with Crippen LogP contribution in [-0.2, 0) is 9.59 Å². The van der Waals surface area contributed by atoms with Crippen LogP contribution in [0.3, 0.4) is 0 Å². The fraction of sp³-hybridized carbons (Fsp3) is 0.895. The zero-order valence-electron chi connectivity index (χ0n) is 15.9. The molecule has 2 rings (SSSR count). The number of amides is 2. The Morgan fingerprint density at radius 3 is 2.42 bits per heavy atom. The normalized spacial score (nSPS) is 24.2. The summed E-state index contributed by atoms with van der Waals surface area (Å²) in [5, 5.41) is 3.21. The second-order valence-corrected chi connectivity index (χ2v) is 8.18. The first-order valence-corrected chi connectivity index (χ1v) is 9.60. The number of likely N-dealkylation sites (tertiary alicyclic amines) is 1. The minimum absolute atomic E-state index is 0.00561. The number of nitrogens with zero attached hydrogens (tertiary/aromatic N) is 2. The van der Waals surface area contributed by atoms with Gasteiger partial charge in [-0.3, -0.25) is 9.59 Å². The van der Waals surface area contributed by atoms with Gasteiger partial charge < -0.3 is 15.1 Å². The molecule has 1 aliphatic carbocycles. The van der Waals surface area contributed by atoms with Crippen LogP contribution in [0.5, 0.6) is 0 Å². The Balaban J connectivity index is 1.90. The van der Waals surface area contributed by atoms with E-state index in [0.29, 0.717) is 6.54 Å². The van der Waals surface area contributed by atoms with E-state index in [-0.39, 0.29) is 29.2 Å². The molecular formula is C19H35N3O2. The average molecular weight is 338 g/mol. The summed E-state index contributed by atoms with van der Waals surface area (Å²) < 4.78 is 0. The third-order valence-electron chi connectivity index (χ3n) is 5.92. The molecule has 24 heavy (non-hydrogen) atoms. The lowest BCUT2D eigenvalue weighted by molar-refractivity contribution is -0.138. The van der Waals surface area contributed by atoms with Gasteiger partial charge in [-0.1, -0.05) is 33.1 Å². The molecule has 5 heteroatoms. The summed E-state index contributed by atoms with van der Waals surface area (Å²) in [4.78, 5) is 29.0. The number of hydrogen-bond donors (Lipinski definition) is 1. The molecule has 0 bridgehead atoms. The van der Waals surface area contributed by atoms with Gasteiger partial charge in [0.1, 0.15) is 0 Å². The Morgan fingerprint density at radius 1 is 1.17 bits per heavy atom. The molecule has 138 valence electrons. The van der Waals surface area contributed by atoms with Gasteiger partial charge >= 0.3 is 0 Å². The number of rotatable bonds is 5. The highest BCUT2D eigenvalue weighted by Gasteiger charge is 2.36. The molecule has 2 aliphatic rings. The Morgan fingerprint density at radius 2 is 1.83 bits per heavy atom. The van der Waals surface area contributed by atoms with Crippen molar-refractivity contribution >= 4 is 11.8 Å². The molecule has 0 aromatic carbocycles. The molecule has 0 spiro atoms. The van der Waals surface area contributed by atoms with E-state index in [1.165, 1.54) is 19.3 Å². The van der Waals surface area contributed by atoms with Gasteiger partial charge in [-0.2, -0.15) is 0 Å². The lowest BCUT2D eigenvalue weighted by atomic mass is 9.80. The number of hydrogen-bond acceptors (Lipinski definition) is 3. The van der Waals surface area contributed by atoms with E-state index in [9.17, 15) is 9.59 Å². The van der Waals surface area contributed by atoms with Gasteiger partial charge in [-0.05, 0) is 39.8 Å². The zero-order valence-corrected chi connectivity index (χ0v) is 15.9. The Labute approximate surface area is 147 Å². The van der Waals surface area contributed by atoms with Crippen LogP contribution < -0.4 is 5.32 Å². The first kappa shape index (κ1) is 19.2. The standard InChI is InChI=1S/C19H35N3O2/c1-15(2)18(24)22-12-8-9-16(13-22)17(23)20-14-19(21(3)4)10-6-5-7-11-19/h15-16H,5-14H2,1-4H3,(H,20,23)/t16-/m1/s1. The third kappa shape index (κ3) is 4.50. The smallest absolute Gasteiger partial charge is 0.225 e.